The number of fused-ring (bicyclic) bond motifs is 1. The fourth-order valence-electron chi connectivity index (χ4n) is 2.30. The Morgan fingerprint density at radius 3 is 2.60 bits per heavy atom. The fraction of sp³-hybridized carbons (Fsp3) is 0.118. The van der Waals surface area contributed by atoms with E-state index in [-0.39, 0.29) is 5.91 Å². The van der Waals surface area contributed by atoms with E-state index in [2.05, 4.69) is 5.32 Å². The molecule has 20 heavy (non-hydrogen) atoms. The average Bonchev–Trinajstić information content (AvgIpc) is 2.77. The molecule has 3 nitrogen and oxygen atoms in total. The quantitative estimate of drug-likeness (QED) is 0.750. The summed E-state index contributed by atoms with van der Waals surface area (Å²) in [5.74, 6) is 0.150. The highest BCUT2D eigenvalue weighted by atomic mass is 16.3. The van der Waals surface area contributed by atoms with E-state index in [1.165, 1.54) is 0 Å². The monoisotopic (exact) mass is 265 g/mol. The minimum Gasteiger partial charge on any atom is -0.451 e. The van der Waals surface area contributed by atoms with E-state index in [9.17, 15) is 4.79 Å². The Morgan fingerprint density at radius 2 is 1.85 bits per heavy atom. The second kappa shape index (κ2) is 4.85. The molecule has 0 aliphatic heterocycles. The lowest BCUT2D eigenvalue weighted by atomic mass is 10.1. The summed E-state index contributed by atoms with van der Waals surface area (Å²) in [4.78, 5) is 12.3. The smallest absolute Gasteiger partial charge is 0.291 e. The third kappa shape index (κ3) is 2.18. The lowest BCUT2D eigenvalue weighted by Gasteiger charge is -2.04. The lowest BCUT2D eigenvalue weighted by Crippen LogP contribution is -2.12. The summed E-state index contributed by atoms with van der Waals surface area (Å²) >= 11 is 0. The van der Waals surface area contributed by atoms with Gasteiger partial charge in [0.15, 0.2) is 5.76 Å². The maximum atomic E-state index is 12.3. The summed E-state index contributed by atoms with van der Waals surface area (Å²) < 4.78 is 5.65. The first-order valence-electron chi connectivity index (χ1n) is 6.51. The van der Waals surface area contributed by atoms with Gasteiger partial charge in [-0.1, -0.05) is 30.3 Å². The molecule has 1 heterocycles. The molecule has 1 aromatic heterocycles. The minimum absolute atomic E-state index is 0.218. The van der Waals surface area contributed by atoms with Gasteiger partial charge in [0.1, 0.15) is 5.58 Å². The van der Waals surface area contributed by atoms with Crippen molar-refractivity contribution in [1.29, 1.82) is 0 Å². The molecule has 0 aliphatic carbocycles. The molecule has 3 rings (SSSR count). The Bertz CT molecular complexity index is 787. The van der Waals surface area contributed by atoms with Crippen LogP contribution in [0.4, 0.5) is 5.69 Å². The zero-order valence-corrected chi connectivity index (χ0v) is 11.4. The summed E-state index contributed by atoms with van der Waals surface area (Å²) in [6, 6.07) is 15.3. The molecule has 0 aliphatic rings. The van der Waals surface area contributed by atoms with Crippen molar-refractivity contribution in [3.63, 3.8) is 0 Å². The molecule has 0 radical (unpaired) electrons. The van der Waals surface area contributed by atoms with E-state index in [0.717, 1.165) is 27.8 Å². The van der Waals surface area contributed by atoms with Gasteiger partial charge in [0, 0.05) is 16.6 Å². The molecule has 1 N–H and O–H groups in total. The zero-order valence-electron chi connectivity index (χ0n) is 11.4. The molecular weight excluding hydrogens is 250 g/mol. The van der Waals surface area contributed by atoms with Gasteiger partial charge in [-0.3, -0.25) is 4.79 Å². The second-order valence-corrected chi connectivity index (χ2v) is 4.88. The number of carbonyl (C=O) groups is 1. The average molecular weight is 265 g/mol. The number of nitrogens with one attached hydrogen (secondary N) is 1. The summed E-state index contributed by atoms with van der Waals surface area (Å²) in [6.45, 7) is 3.89. The van der Waals surface area contributed by atoms with Gasteiger partial charge in [0.2, 0.25) is 0 Å². The Hall–Kier alpha value is -2.55. The van der Waals surface area contributed by atoms with Gasteiger partial charge in [-0.25, -0.2) is 0 Å². The van der Waals surface area contributed by atoms with Crippen molar-refractivity contribution in [3.8, 4) is 0 Å². The van der Waals surface area contributed by atoms with Gasteiger partial charge < -0.3 is 9.73 Å². The van der Waals surface area contributed by atoms with E-state index in [0.29, 0.717) is 5.76 Å². The van der Waals surface area contributed by atoms with E-state index in [1.54, 1.807) is 0 Å². The van der Waals surface area contributed by atoms with Crippen LogP contribution < -0.4 is 5.32 Å². The van der Waals surface area contributed by atoms with Crippen molar-refractivity contribution in [2.45, 2.75) is 13.8 Å². The van der Waals surface area contributed by atoms with E-state index in [1.807, 2.05) is 62.4 Å². The molecule has 0 fully saturated rings. The largest absolute Gasteiger partial charge is 0.451 e. The predicted octanol–water partition coefficient (Wildman–Crippen LogP) is 4.30. The third-order valence-electron chi connectivity index (χ3n) is 3.33. The standard InChI is InChI=1S/C17H15NO2/c1-11-6-5-7-13(10-11)18-17(19)16-12(2)14-8-3-4-9-15(14)20-16/h3-10H,1-2H3,(H,18,19). The number of anilines is 1. The first-order chi connectivity index (χ1) is 9.65. The van der Waals surface area contributed by atoms with Crippen molar-refractivity contribution in [1.82, 2.24) is 0 Å². The van der Waals surface area contributed by atoms with Crippen LogP contribution in [0.5, 0.6) is 0 Å². The Morgan fingerprint density at radius 1 is 1.05 bits per heavy atom. The van der Waals surface area contributed by atoms with Gasteiger partial charge in [-0.15, -0.1) is 0 Å². The number of carbonyl (C=O) groups excluding carboxylic acids is 1. The maximum Gasteiger partial charge on any atom is 0.291 e. The highest BCUT2D eigenvalue weighted by Crippen LogP contribution is 2.25. The number of rotatable bonds is 2. The minimum atomic E-state index is -0.218. The van der Waals surface area contributed by atoms with Crippen LogP contribution in [0.3, 0.4) is 0 Å². The highest BCUT2D eigenvalue weighted by Gasteiger charge is 2.17. The third-order valence-corrected chi connectivity index (χ3v) is 3.33. The van der Waals surface area contributed by atoms with Crippen molar-refractivity contribution >= 4 is 22.6 Å². The Kier molecular flexibility index (Phi) is 3.03. The summed E-state index contributed by atoms with van der Waals surface area (Å²) in [5, 5.41) is 3.84. The lowest BCUT2D eigenvalue weighted by molar-refractivity contribution is 0.0998. The summed E-state index contributed by atoms with van der Waals surface area (Å²) in [5.41, 5.74) is 3.48. The van der Waals surface area contributed by atoms with Crippen molar-refractivity contribution < 1.29 is 9.21 Å². The molecule has 1 amide bonds. The number of hydrogen-bond donors (Lipinski definition) is 1. The van der Waals surface area contributed by atoms with E-state index in [4.69, 9.17) is 4.42 Å². The summed E-state index contributed by atoms with van der Waals surface area (Å²) in [7, 11) is 0. The van der Waals surface area contributed by atoms with Crippen molar-refractivity contribution in [2.75, 3.05) is 5.32 Å². The Labute approximate surface area is 117 Å². The highest BCUT2D eigenvalue weighted by molar-refractivity contribution is 6.06. The van der Waals surface area contributed by atoms with Crippen LogP contribution in [0.25, 0.3) is 11.0 Å². The van der Waals surface area contributed by atoms with Gasteiger partial charge in [-0.05, 0) is 37.6 Å². The van der Waals surface area contributed by atoms with Crippen LogP contribution in [0, 0.1) is 13.8 Å². The number of aryl methyl sites for hydroxylation is 2. The normalized spacial score (nSPS) is 10.7. The van der Waals surface area contributed by atoms with Crippen LogP contribution in [-0.2, 0) is 0 Å². The van der Waals surface area contributed by atoms with Crippen molar-refractivity contribution in [2.24, 2.45) is 0 Å². The predicted molar refractivity (Wildman–Crippen MR) is 80.1 cm³/mol. The molecule has 3 aromatic rings. The van der Waals surface area contributed by atoms with Gasteiger partial charge >= 0.3 is 0 Å². The molecule has 0 unspecified atom stereocenters. The summed E-state index contributed by atoms with van der Waals surface area (Å²) in [6.07, 6.45) is 0. The van der Waals surface area contributed by atoms with Crippen LogP contribution in [0.1, 0.15) is 21.7 Å². The second-order valence-electron chi connectivity index (χ2n) is 4.88. The number of para-hydroxylation sites is 1. The zero-order chi connectivity index (χ0) is 14.1. The molecule has 0 saturated heterocycles. The van der Waals surface area contributed by atoms with E-state index >= 15 is 0 Å². The van der Waals surface area contributed by atoms with Gasteiger partial charge in [0.25, 0.3) is 5.91 Å². The van der Waals surface area contributed by atoms with Crippen LogP contribution in [-0.4, -0.2) is 5.91 Å². The fourth-order valence-corrected chi connectivity index (χ4v) is 2.30. The number of amides is 1. The van der Waals surface area contributed by atoms with Crippen molar-refractivity contribution in [3.05, 3.63) is 65.4 Å². The SMILES string of the molecule is Cc1cccc(NC(=O)c2oc3ccccc3c2C)c1. The first kappa shape index (κ1) is 12.5. The number of furan rings is 1. The van der Waals surface area contributed by atoms with Crippen LogP contribution >= 0.6 is 0 Å². The van der Waals surface area contributed by atoms with Gasteiger partial charge in [-0.2, -0.15) is 0 Å². The molecule has 3 heteroatoms. The molecule has 100 valence electrons. The topological polar surface area (TPSA) is 42.2 Å². The van der Waals surface area contributed by atoms with E-state index < -0.39 is 0 Å². The molecule has 2 aromatic carbocycles. The molecular formula is C17H15NO2. The maximum absolute atomic E-state index is 12.3. The van der Waals surface area contributed by atoms with Gasteiger partial charge in [0.05, 0.1) is 0 Å². The Balaban J connectivity index is 1.95. The molecule has 0 spiro atoms. The van der Waals surface area contributed by atoms with Crippen LogP contribution in [0.2, 0.25) is 0 Å². The first-order valence-corrected chi connectivity index (χ1v) is 6.51. The van der Waals surface area contributed by atoms with Crippen LogP contribution in [0.15, 0.2) is 52.9 Å². The molecule has 0 saturated carbocycles. The number of benzene rings is 2. The number of hydrogen-bond acceptors (Lipinski definition) is 2. The molecule has 0 atom stereocenters. The molecule has 0 bridgehead atoms.